The topological polar surface area (TPSA) is 54.4 Å². The van der Waals surface area contributed by atoms with E-state index < -0.39 is 0 Å². The third-order valence-electron chi connectivity index (χ3n) is 2.91. The predicted octanol–water partition coefficient (Wildman–Crippen LogP) is 3.60. The Morgan fingerprint density at radius 3 is 2.85 bits per heavy atom. The summed E-state index contributed by atoms with van der Waals surface area (Å²) in [5.41, 5.74) is 1.72. The fourth-order valence-electron chi connectivity index (χ4n) is 1.87. The first-order chi connectivity index (χ1) is 9.72. The van der Waals surface area contributed by atoms with Crippen LogP contribution in [0.2, 0.25) is 0 Å². The van der Waals surface area contributed by atoms with E-state index in [1.54, 1.807) is 17.1 Å². The summed E-state index contributed by atoms with van der Waals surface area (Å²) in [6, 6.07) is 10.4. The van der Waals surface area contributed by atoms with E-state index in [9.17, 15) is 4.79 Å². The minimum absolute atomic E-state index is 0.0162. The molecule has 6 heteroatoms. The number of nitrogens with zero attached hydrogens (tertiary/aromatic N) is 2. The lowest BCUT2D eigenvalue weighted by atomic mass is 10.1. The van der Waals surface area contributed by atoms with Gasteiger partial charge in [0.2, 0.25) is 0 Å². The van der Waals surface area contributed by atoms with Crippen LogP contribution in [0.4, 0.5) is 5.13 Å². The summed E-state index contributed by atoms with van der Waals surface area (Å²) in [5.74, 6) is 0.912. The highest BCUT2D eigenvalue weighted by Crippen LogP contribution is 2.31. The van der Waals surface area contributed by atoms with Gasteiger partial charge in [0.25, 0.3) is 0 Å². The van der Waals surface area contributed by atoms with Gasteiger partial charge in [-0.25, -0.2) is 4.98 Å². The van der Waals surface area contributed by atoms with Crippen molar-refractivity contribution < 1.29 is 4.79 Å². The molecule has 3 rings (SSSR count). The van der Waals surface area contributed by atoms with Crippen LogP contribution in [0.3, 0.4) is 0 Å². The Balaban J connectivity index is 1.71. The van der Waals surface area contributed by atoms with Gasteiger partial charge in [0.05, 0.1) is 6.04 Å². The van der Waals surface area contributed by atoms with E-state index in [0.717, 1.165) is 16.1 Å². The minimum Gasteiger partial charge on any atom is -0.311 e. The molecule has 0 bridgehead atoms. The number of aromatic nitrogens is 1. The number of benzene rings is 1. The number of thioether (sulfide) groups is 1. The van der Waals surface area contributed by atoms with Crippen molar-refractivity contribution in [1.29, 1.82) is 0 Å². The first-order valence-electron chi connectivity index (χ1n) is 6.21. The second-order valence-electron chi connectivity index (χ2n) is 4.39. The molecule has 0 radical (unpaired) electrons. The van der Waals surface area contributed by atoms with Crippen molar-refractivity contribution in [3.8, 4) is 0 Å². The summed E-state index contributed by atoms with van der Waals surface area (Å²) >= 11 is 3.10. The SMILES string of the molecule is CC(=O)c1csc(NC2=NC(c3ccccc3)CS2)n1. The monoisotopic (exact) mass is 303 g/mol. The normalized spacial score (nSPS) is 17.9. The summed E-state index contributed by atoms with van der Waals surface area (Å²) in [4.78, 5) is 20.1. The van der Waals surface area contributed by atoms with Gasteiger partial charge in [-0.2, -0.15) is 0 Å². The number of rotatable bonds is 3. The lowest BCUT2D eigenvalue weighted by Crippen LogP contribution is -2.05. The van der Waals surface area contributed by atoms with E-state index in [-0.39, 0.29) is 11.8 Å². The van der Waals surface area contributed by atoms with Crippen LogP contribution >= 0.6 is 23.1 Å². The maximum atomic E-state index is 11.2. The van der Waals surface area contributed by atoms with Gasteiger partial charge in [-0.1, -0.05) is 42.1 Å². The smallest absolute Gasteiger partial charge is 0.189 e. The molecule has 2 heterocycles. The van der Waals surface area contributed by atoms with Gasteiger partial charge in [-0.05, 0) is 5.56 Å². The van der Waals surface area contributed by atoms with Gasteiger partial charge in [0.15, 0.2) is 16.1 Å². The molecule has 1 atom stereocenters. The van der Waals surface area contributed by atoms with Gasteiger partial charge in [-0.3, -0.25) is 9.79 Å². The van der Waals surface area contributed by atoms with Gasteiger partial charge >= 0.3 is 0 Å². The van der Waals surface area contributed by atoms with E-state index in [1.807, 2.05) is 18.2 Å². The molecule has 1 N–H and O–H groups in total. The zero-order chi connectivity index (χ0) is 13.9. The Kier molecular flexibility index (Phi) is 3.84. The number of Topliss-reactive ketones (excluding diaryl/α,β-unsaturated/α-hetero) is 1. The lowest BCUT2D eigenvalue weighted by molar-refractivity contribution is 0.101. The van der Waals surface area contributed by atoms with Gasteiger partial charge in [0.1, 0.15) is 5.69 Å². The zero-order valence-corrected chi connectivity index (χ0v) is 12.5. The number of ketones is 1. The molecule has 102 valence electrons. The number of hydrogen-bond donors (Lipinski definition) is 1. The van der Waals surface area contributed by atoms with Gasteiger partial charge < -0.3 is 5.32 Å². The van der Waals surface area contributed by atoms with E-state index in [2.05, 4.69) is 27.4 Å². The summed E-state index contributed by atoms with van der Waals surface area (Å²) in [6.07, 6.45) is 0. The van der Waals surface area contributed by atoms with Crippen molar-refractivity contribution in [2.45, 2.75) is 13.0 Å². The maximum Gasteiger partial charge on any atom is 0.189 e. The molecule has 1 aliphatic rings. The van der Waals surface area contributed by atoms with Gasteiger partial charge in [-0.15, -0.1) is 11.3 Å². The molecular formula is C14H13N3OS2. The molecule has 0 fully saturated rings. The molecule has 1 aliphatic heterocycles. The van der Waals surface area contributed by atoms with Crippen LogP contribution in [0.15, 0.2) is 40.7 Å². The molecule has 0 saturated carbocycles. The van der Waals surface area contributed by atoms with Crippen molar-refractivity contribution >= 4 is 39.2 Å². The van der Waals surface area contributed by atoms with E-state index in [4.69, 9.17) is 0 Å². The molecule has 1 aromatic carbocycles. The van der Waals surface area contributed by atoms with Crippen LogP contribution in [0.25, 0.3) is 0 Å². The molecular weight excluding hydrogens is 290 g/mol. The van der Waals surface area contributed by atoms with Crippen LogP contribution in [0.5, 0.6) is 0 Å². The highest BCUT2D eigenvalue weighted by atomic mass is 32.2. The summed E-state index contributed by atoms with van der Waals surface area (Å²) in [6.45, 7) is 1.52. The Bertz CT molecular complexity index is 651. The van der Waals surface area contributed by atoms with E-state index in [1.165, 1.54) is 23.8 Å². The predicted molar refractivity (Wildman–Crippen MR) is 84.8 cm³/mol. The summed E-state index contributed by atoms with van der Waals surface area (Å²) in [5, 5.41) is 6.53. The number of anilines is 1. The molecule has 4 nitrogen and oxygen atoms in total. The molecule has 0 saturated heterocycles. The van der Waals surface area contributed by atoms with E-state index in [0.29, 0.717) is 5.69 Å². The Hall–Kier alpha value is -1.66. The fourth-order valence-corrected chi connectivity index (χ4v) is 3.64. The van der Waals surface area contributed by atoms with Crippen LogP contribution in [-0.2, 0) is 0 Å². The van der Waals surface area contributed by atoms with Gasteiger partial charge in [0, 0.05) is 18.1 Å². The molecule has 0 amide bonds. The van der Waals surface area contributed by atoms with Crippen LogP contribution in [-0.4, -0.2) is 21.7 Å². The van der Waals surface area contributed by atoms with Crippen molar-refractivity contribution in [2.75, 3.05) is 11.1 Å². The number of aliphatic imine (C=N–C) groups is 1. The molecule has 1 unspecified atom stereocenters. The number of nitrogens with one attached hydrogen (secondary N) is 1. The summed E-state index contributed by atoms with van der Waals surface area (Å²) in [7, 11) is 0. The maximum absolute atomic E-state index is 11.2. The largest absolute Gasteiger partial charge is 0.311 e. The third-order valence-corrected chi connectivity index (χ3v) is 4.64. The number of thiazole rings is 1. The second kappa shape index (κ2) is 5.76. The highest BCUT2D eigenvalue weighted by Gasteiger charge is 2.20. The average Bonchev–Trinajstić information content (AvgIpc) is 3.10. The number of amidine groups is 1. The molecule has 0 spiro atoms. The Morgan fingerprint density at radius 1 is 1.35 bits per heavy atom. The number of hydrogen-bond acceptors (Lipinski definition) is 6. The molecule has 1 aromatic heterocycles. The Labute approximate surface area is 125 Å². The average molecular weight is 303 g/mol. The van der Waals surface area contributed by atoms with E-state index >= 15 is 0 Å². The molecule has 20 heavy (non-hydrogen) atoms. The van der Waals surface area contributed by atoms with Crippen molar-refractivity contribution in [3.63, 3.8) is 0 Å². The van der Waals surface area contributed by atoms with Crippen molar-refractivity contribution in [1.82, 2.24) is 4.98 Å². The van der Waals surface area contributed by atoms with Crippen molar-refractivity contribution in [2.24, 2.45) is 4.99 Å². The Morgan fingerprint density at radius 2 is 2.15 bits per heavy atom. The molecule has 2 aromatic rings. The highest BCUT2D eigenvalue weighted by molar-refractivity contribution is 8.14. The van der Waals surface area contributed by atoms with Crippen LogP contribution < -0.4 is 5.32 Å². The number of carbonyl (C=O) groups excluding carboxylic acids is 1. The lowest BCUT2D eigenvalue weighted by Gasteiger charge is -2.04. The third kappa shape index (κ3) is 2.91. The minimum atomic E-state index is -0.0162. The van der Waals surface area contributed by atoms with Crippen LogP contribution in [0, 0.1) is 0 Å². The zero-order valence-electron chi connectivity index (χ0n) is 10.9. The summed E-state index contributed by atoms with van der Waals surface area (Å²) < 4.78 is 0. The standard InChI is InChI=1S/C14H13N3OS2/c1-9(18)11-7-19-13(15-11)17-14-16-12(8-20-14)10-5-3-2-4-6-10/h2-7,12H,8H2,1H3,(H,15,16,17). The first-order valence-corrected chi connectivity index (χ1v) is 8.08. The first kappa shape index (κ1) is 13.3. The number of carbonyl (C=O) groups is 1. The second-order valence-corrected chi connectivity index (χ2v) is 6.26. The fraction of sp³-hybridized carbons (Fsp3) is 0.214. The van der Waals surface area contributed by atoms with Crippen molar-refractivity contribution in [3.05, 3.63) is 47.0 Å². The van der Waals surface area contributed by atoms with Crippen LogP contribution in [0.1, 0.15) is 29.0 Å². The molecule has 0 aliphatic carbocycles. The quantitative estimate of drug-likeness (QED) is 0.880.